The minimum atomic E-state index is -3.43. The Morgan fingerprint density at radius 2 is 1.62 bits per heavy atom. The van der Waals surface area contributed by atoms with Gasteiger partial charge >= 0.3 is 0 Å². The minimum Gasteiger partial charge on any atom is -0.366 e. The Bertz CT molecular complexity index is 1340. The van der Waals surface area contributed by atoms with Crippen molar-refractivity contribution in [3.63, 3.8) is 0 Å². The van der Waals surface area contributed by atoms with Crippen molar-refractivity contribution < 1.29 is 18.0 Å². The zero-order valence-electron chi connectivity index (χ0n) is 20.3. The highest BCUT2D eigenvalue weighted by Gasteiger charge is 2.30. The first kappa shape index (κ1) is 26.4. The number of pyridine rings is 1. The maximum absolute atomic E-state index is 13.6. The van der Waals surface area contributed by atoms with Crippen LogP contribution in [0.15, 0.2) is 73.1 Å². The van der Waals surface area contributed by atoms with Crippen LogP contribution < -0.4 is 14.9 Å². The van der Waals surface area contributed by atoms with E-state index < -0.39 is 16.1 Å². The Morgan fingerprint density at radius 1 is 0.973 bits per heavy atom. The molecule has 9 nitrogen and oxygen atoms in total. The molecule has 0 spiro atoms. The van der Waals surface area contributed by atoms with Crippen LogP contribution in [0.4, 0.5) is 11.4 Å². The summed E-state index contributed by atoms with van der Waals surface area (Å²) < 4.78 is 26.1. The van der Waals surface area contributed by atoms with Crippen molar-refractivity contribution in [2.24, 2.45) is 0 Å². The highest BCUT2D eigenvalue weighted by atomic mass is 35.5. The van der Waals surface area contributed by atoms with Crippen molar-refractivity contribution in [1.29, 1.82) is 0 Å². The molecule has 37 heavy (non-hydrogen) atoms. The molecular formula is C26H28ClN5O4S. The molecule has 1 aliphatic heterocycles. The van der Waals surface area contributed by atoms with Crippen LogP contribution in [0.25, 0.3) is 0 Å². The quantitative estimate of drug-likeness (QED) is 0.453. The molecule has 0 aliphatic carbocycles. The summed E-state index contributed by atoms with van der Waals surface area (Å²) >= 11 is 6.01. The largest absolute Gasteiger partial charge is 0.366 e. The average molecular weight is 542 g/mol. The van der Waals surface area contributed by atoms with Gasteiger partial charge in [0, 0.05) is 55.6 Å². The van der Waals surface area contributed by atoms with E-state index in [1.54, 1.807) is 41.3 Å². The standard InChI is InChI=1S/C26H28ClN5O4S/c1-37(35,36)30-22-4-2-3-5-24(22)31-14-16-32(17-15-31)26(34)23(18-19-6-8-21(27)9-7-19)29-25(33)20-10-12-28-13-11-20/h2-13,23,30H,14-18H2,1H3,(H,29,33). The number of piperazine rings is 1. The molecule has 1 aliphatic rings. The first-order valence-corrected chi connectivity index (χ1v) is 14.0. The summed E-state index contributed by atoms with van der Waals surface area (Å²) in [4.78, 5) is 34.2. The molecule has 1 aromatic heterocycles. The fourth-order valence-corrected chi connectivity index (χ4v) is 4.92. The number of benzene rings is 2. The van der Waals surface area contributed by atoms with Crippen molar-refractivity contribution in [3.8, 4) is 0 Å². The molecule has 1 fully saturated rings. The van der Waals surface area contributed by atoms with Gasteiger partial charge in [-0.2, -0.15) is 0 Å². The van der Waals surface area contributed by atoms with Gasteiger partial charge in [-0.25, -0.2) is 8.42 Å². The van der Waals surface area contributed by atoms with Gasteiger partial charge < -0.3 is 15.1 Å². The fourth-order valence-electron chi connectivity index (χ4n) is 4.22. The molecule has 11 heteroatoms. The summed E-state index contributed by atoms with van der Waals surface area (Å²) in [6.07, 6.45) is 4.48. The Hall–Kier alpha value is -3.63. The number of hydrogen-bond donors (Lipinski definition) is 2. The Morgan fingerprint density at radius 3 is 2.27 bits per heavy atom. The zero-order chi connectivity index (χ0) is 26.4. The Balaban J connectivity index is 1.48. The lowest BCUT2D eigenvalue weighted by atomic mass is 10.0. The number of hydrogen-bond acceptors (Lipinski definition) is 6. The van der Waals surface area contributed by atoms with E-state index in [2.05, 4.69) is 15.0 Å². The molecule has 1 atom stereocenters. The number of amides is 2. The molecule has 4 rings (SSSR count). The molecule has 2 amide bonds. The number of carbonyl (C=O) groups is 2. The van der Waals surface area contributed by atoms with Crippen LogP contribution in [0, 0.1) is 0 Å². The topological polar surface area (TPSA) is 112 Å². The number of carbonyl (C=O) groups excluding carboxylic acids is 2. The number of aromatic nitrogens is 1. The highest BCUT2D eigenvalue weighted by Crippen LogP contribution is 2.27. The van der Waals surface area contributed by atoms with Gasteiger partial charge in [-0.05, 0) is 42.0 Å². The molecule has 1 saturated heterocycles. The van der Waals surface area contributed by atoms with Gasteiger partial charge in [0.15, 0.2) is 0 Å². The summed E-state index contributed by atoms with van der Waals surface area (Å²) in [6, 6.07) is 16.8. The number of anilines is 2. The summed E-state index contributed by atoms with van der Waals surface area (Å²) in [6.45, 7) is 1.88. The van der Waals surface area contributed by atoms with Crippen LogP contribution in [-0.2, 0) is 21.2 Å². The monoisotopic (exact) mass is 541 g/mol. The Labute approximate surface area is 221 Å². The van der Waals surface area contributed by atoms with Crippen molar-refractivity contribution in [3.05, 3.63) is 89.2 Å². The molecule has 2 N–H and O–H groups in total. The van der Waals surface area contributed by atoms with E-state index in [-0.39, 0.29) is 11.8 Å². The van der Waals surface area contributed by atoms with Crippen molar-refractivity contribution in [2.45, 2.75) is 12.5 Å². The molecular weight excluding hydrogens is 514 g/mol. The summed E-state index contributed by atoms with van der Waals surface area (Å²) in [7, 11) is -3.43. The molecule has 3 aromatic rings. The molecule has 2 heterocycles. The smallest absolute Gasteiger partial charge is 0.252 e. The lowest BCUT2D eigenvalue weighted by Crippen LogP contribution is -2.55. The number of halogens is 1. The number of nitrogens with zero attached hydrogens (tertiary/aromatic N) is 3. The molecule has 0 bridgehead atoms. The van der Waals surface area contributed by atoms with E-state index in [0.29, 0.717) is 48.9 Å². The van der Waals surface area contributed by atoms with Gasteiger partial charge in [0.05, 0.1) is 17.6 Å². The van der Waals surface area contributed by atoms with E-state index >= 15 is 0 Å². The molecule has 0 saturated carbocycles. The van der Waals surface area contributed by atoms with Crippen molar-refractivity contribution in [1.82, 2.24) is 15.2 Å². The van der Waals surface area contributed by atoms with Crippen LogP contribution in [0.3, 0.4) is 0 Å². The molecule has 1 unspecified atom stereocenters. The van der Waals surface area contributed by atoms with Gasteiger partial charge in [0.25, 0.3) is 5.91 Å². The van der Waals surface area contributed by atoms with Gasteiger partial charge in [0.2, 0.25) is 15.9 Å². The van der Waals surface area contributed by atoms with Crippen LogP contribution in [0.2, 0.25) is 5.02 Å². The maximum atomic E-state index is 13.6. The maximum Gasteiger partial charge on any atom is 0.252 e. The number of para-hydroxylation sites is 2. The predicted molar refractivity (Wildman–Crippen MR) is 144 cm³/mol. The number of rotatable bonds is 8. The average Bonchev–Trinajstić information content (AvgIpc) is 2.89. The number of sulfonamides is 1. The van der Waals surface area contributed by atoms with Gasteiger partial charge in [-0.15, -0.1) is 0 Å². The fraction of sp³-hybridized carbons (Fsp3) is 0.269. The van der Waals surface area contributed by atoms with E-state index in [1.807, 2.05) is 29.2 Å². The highest BCUT2D eigenvalue weighted by molar-refractivity contribution is 7.92. The van der Waals surface area contributed by atoms with E-state index in [4.69, 9.17) is 11.6 Å². The second-order valence-electron chi connectivity index (χ2n) is 8.80. The van der Waals surface area contributed by atoms with Crippen LogP contribution in [0.5, 0.6) is 0 Å². The lowest BCUT2D eigenvalue weighted by molar-refractivity contribution is -0.133. The molecule has 194 valence electrons. The van der Waals surface area contributed by atoms with Gasteiger partial charge in [-0.1, -0.05) is 35.9 Å². The normalized spacial score (nSPS) is 14.6. The summed E-state index contributed by atoms with van der Waals surface area (Å²) in [5.41, 5.74) is 2.54. The second-order valence-corrected chi connectivity index (χ2v) is 11.0. The van der Waals surface area contributed by atoms with Gasteiger partial charge in [0.1, 0.15) is 6.04 Å². The first-order valence-electron chi connectivity index (χ1n) is 11.8. The third-order valence-corrected chi connectivity index (χ3v) is 6.87. The summed E-state index contributed by atoms with van der Waals surface area (Å²) in [5.74, 6) is -0.534. The Kier molecular flexibility index (Phi) is 8.30. The van der Waals surface area contributed by atoms with E-state index in [1.165, 1.54) is 12.4 Å². The van der Waals surface area contributed by atoms with Crippen molar-refractivity contribution >= 4 is 44.8 Å². The van der Waals surface area contributed by atoms with Gasteiger partial charge in [-0.3, -0.25) is 19.3 Å². The number of nitrogens with one attached hydrogen (secondary N) is 2. The third-order valence-electron chi connectivity index (χ3n) is 6.03. The van der Waals surface area contributed by atoms with E-state index in [9.17, 15) is 18.0 Å². The minimum absolute atomic E-state index is 0.181. The van der Waals surface area contributed by atoms with Crippen LogP contribution in [-0.4, -0.2) is 68.6 Å². The molecule has 0 radical (unpaired) electrons. The lowest BCUT2D eigenvalue weighted by Gasteiger charge is -2.38. The van der Waals surface area contributed by atoms with Crippen LogP contribution >= 0.6 is 11.6 Å². The third kappa shape index (κ3) is 7.21. The first-order chi connectivity index (χ1) is 17.7. The van der Waals surface area contributed by atoms with Crippen molar-refractivity contribution in [2.75, 3.05) is 42.1 Å². The second kappa shape index (κ2) is 11.6. The van der Waals surface area contributed by atoms with E-state index in [0.717, 1.165) is 17.5 Å². The zero-order valence-corrected chi connectivity index (χ0v) is 21.9. The molecule has 2 aromatic carbocycles. The SMILES string of the molecule is CS(=O)(=O)Nc1ccccc1N1CCN(C(=O)C(Cc2ccc(Cl)cc2)NC(=O)c2ccncc2)CC1. The predicted octanol–water partition coefficient (Wildman–Crippen LogP) is 2.80. The van der Waals surface area contributed by atoms with Crippen LogP contribution in [0.1, 0.15) is 15.9 Å². The summed E-state index contributed by atoms with van der Waals surface area (Å²) in [5, 5.41) is 3.48.